The van der Waals surface area contributed by atoms with Crippen LogP contribution in [-0.2, 0) is 47.2 Å². The van der Waals surface area contributed by atoms with E-state index in [4.69, 9.17) is 4.74 Å². The molecule has 0 radical (unpaired) electrons. The summed E-state index contributed by atoms with van der Waals surface area (Å²) in [7, 11) is -7.18. The van der Waals surface area contributed by atoms with Crippen molar-refractivity contribution < 1.29 is 36.0 Å². The van der Waals surface area contributed by atoms with E-state index in [9.17, 15) is 31.2 Å². The molecule has 0 saturated carbocycles. The highest BCUT2D eigenvalue weighted by atomic mass is 32.2. The fraction of sp³-hybridized carbons (Fsp3) is 0.300. The number of carbonyl (C=O) groups excluding carboxylic acids is 3. The molecule has 0 bridgehead atoms. The lowest BCUT2D eigenvalue weighted by molar-refractivity contribution is -0.115. The Morgan fingerprint density at radius 2 is 1.44 bits per heavy atom. The quantitative estimate of drug-likeness (QED) is 0.189. The molecule has 0 spiro atoms. The Bertz CT molecular complexity index is 1960. The fourth-order valence-corrected chi connectivity index (χ4v) is 7.70. The molecule has 1 aromatic heterocycles. The minimum atomic E-state index is -3.69. The number of nitrogens with one attached hydrogen (secondary N) is 5. The first-order valence-corrected chi connectivity index (χ1v) is 17.1. The van der Waals surface area contributed by atoms with Gasteiger partial charge in [0.25, 0.3) is 5.91 Å². The number of cyclic esters (lactones) is 1. The molecule has 13 nitrogen and oxygen atoms in total. The van der Waals surface area contributed by atoms with Crippen molar-refractivity contribution in [2.45, 2.75) is 62.4 Å². The van der Waals surface area contributed by atoms with Crippen LogP contribution in [0.5, 0.6) is 0 Å². The summed E-state index contributed by atoms with van der Waals surface area (Å²) in [4.78, 5) is 38.8. The smallest absolute Gasteiger partial charge is 0.339 e. The van der Waals surface area contributed by atoms with Gasteiger partial charge >= 0.3 is 5.97 Å². The third kappa shape index (κ3) is 6.86. The van der Waals surface area contributed by atoms with Gasteiger partial charge in [0, 0.05) is 47.3 Å². The number of sulfonamides is 2. The maximum atomic E-state index is 12.5. The van der Waals surface area contributed by atoms with Crippen molar-refractivity contribution in [1.29, 1.82) is 0 Å². The standard InChI is InChI=1S/C19H19N3O5S.C11H14N2O3S/c1-10(2)22-28(25,26)11-3-4-16-13(7-11)14(18(23)21-16)8-17-12-5-6-27-19(24)15(12)9-20-17;1-7(2)13-17(15,16)9-3-4-10-8(5-9)6-11(14)12-10/h3-4,7-10,20,22H,5-6H2,1-2H3,(H,21,23);3-5,7,13H,6H2,1-2H3,(H,12,14). The van der Waals surface area contributed by atoms with Crippen LogP contribution in [0.4, 0.5) is 11.4 Å². The SMILES string of the molecule is CC(C)NS(=O)(=O)c1ccc2c(c1)C(=Cc1[nH]cc3c1CCOC3=O)C(=O)N2.CC(C)NS(=O)(=O)c1ccc2c(c1)CC(=O)N2. The third-order valence-electron chi connectivity index (χ3n) is 6.99. The number of amides is 2. The second kappa shape index (κ2) is 12.2. The average Bonchev–Trinajstić information content (AvgIpc) is 3.62. The zero-order valence-corrected chi connectivity index (χ0v) is 26.6. The van der Waals surface area contributed by atoms with E-state index >= 15 is 0 Å². The number of ether oxygens (including phenoxy) is 1. The number of rotatable bonds is 7. The van der Waals surface area contributed by atoms with Gasteiger partial charge in [0.2, 0.25) is 26.0 Å². The molecular formula is C30H33N5O8S2. The summed E-state index contributed by atoms with van der Waals surface area (Å²) in [6.45, 7) is 7.28. The Labute approximate surface area is 260 Å². The van der Waals surface area contributed by atoms with Crippen LogP contribution in [0.2, 0.25) is 0 Å². The van der Waals surface area contributed by atoms with E-state index in [1.54, 1.807) is 52.1 Å². The van der Waals surface area contributed by atoms with Gasteiger partial charge in [-0.15, -0.1) is 0 Å². The first-order valence-electron chi connectivity index (χ1n) is 14.2. The van der Waals surface area contributed by atoms with Gasteiger partial charge in [-0.2, -0.15) is 0 Å². The Morgan fingerprint density at radius 1 is 0.822 bits per heavy atom. The molecule has 3 aliphatic heterocycles. The molecule has 0 fully saturated rings. The summed E-state index contributed by atoms with van der Waals surface area (Å²) < 4.78 is 58.8. The van der Waals surface area contributed by atoms with Crippen LogP contribution in [0.3, 0.4) is 0 Å². The molecule has 3 aromatic rings. The summed E-state index contributed by atoms with van der Waals surface area (Å²) >= 11 is 0. The van der Waals surface area contributed by atoms with E-state index in [1.165, 1.54) is 24.3 Å². The van der Waals surface area contributed by atoms with Crippen molar-refractivity contribution in [2.24, 2.45) is 0 Å². The number of hydrogen-bond acceptors (Lipinski definition) is 8. The average molecular weight is 656 g/mol. The molecule has 238 valence electrons. The lowest BCUT2D eigenvalue weighted by Gasteiger charge is -2.12. The molecule has 0 aliphatic carbocycles. The van der Waals surface area contributed by atoms with Crippen molar-refractivity contribution in [2.75, 3.05) is 17.2 Å². The first kappa shape index (κ1) is 32.1. The van der Waals surface area contributed by atoms with Gasteiger partial charge in [0.15, 0.2) is 0 Å². The molecule has 0 unspecified atom stereocenters. The van der Waals surface area contributed by atoms with E-state index in [1.807, 2.05) is 0 Å². The second-order valence-corrected chi connectivity index (χ2v) is 14.7. The van der Waals surface area contributed by atoms with E-state index in [0.29, 0.717) is 40.2 Å². The largest absolute Gasteiger partial charge is 0.462 e. The Balaban J connectivity index is 0.000000201. The molecule has 2 aromatic carbocycles. The molecule has 15 heteroatoms. The summed E-state index contributed by atoms with van der Waals surface area (Å²) in [5, 5.41) is 5.40. The van der Waals surface area contributed by atoms with Gasteiger partial charge in [-0.05, 0) is 81.3 Å². The highest BCUT2D eigenvalue weighted by Crippen LogP contribution is 2.36. The number of carbonyl (C=O) groups is 3. The number of fused-ring (bicyclic) bond motifs is 3. The predicted molar refractivity (Wildman–Crippen MR) is 167 cm³/mol. The molecule has 4 heterocycles. The number of esters is 1. The minimum Gasteiger partial charge on any atom is -0.462 e. The highest BCUT2D eigenvalue weighted by Gasteiger charge is 2.29. The van der Waals surface area contributed by atoms with Crippen LogP contribution in [0.1, 0.15) is 60.4 Å². The molecule has 45 heavy (non-hydrogen) atoms. The van der Waals surface area contributed by atoms with Gasteiger partial charge in [0.05, 0.1) is 34.0 Å². The van der Waals surface area contributed by atoms with Gasteiger partial charge in [-0.1, -0.05) is 0 Å². The molecule has 2 amide bonds. The predicted octanol–water partition coefficient (Wildman–Crippen LogP) is 2.77. The van der Waals surface area contributed by atoms with Crippen molar-refractivity contribution in [3.8, 4) is 0 Å². The lowest BCUT2D eigenvalue weighted by Crippen LogP contribution is -2.30. The third-order valence-corrected chi connectivity index (χ3v) is 10.3. The number of anilines is 2. The Hall–Kier alpha value is -4.31. The van der Waals surface area contributed by atoms with Crippen LogP contribution < -0.4 is 20.1 Å². The zero-order chi connectivity index (χ0) is 32.7. The van der Waals surface area contributed by atoms with Gasteiger partial charge in [-0.25, -0.2) is 31.1 Å². The lowest BCUT2D eigenvalue weighted by atomic mass is 10.0. The summed E-state index contributed by atoms with van der Waals surface area (Å²) in [6.07, 6.45) is 3.99. The van der Waals surface area contributed by atoms with Crippen LogP contribution in [0.15, 0.2) is 52.4 Å². The van der Waals surface area contributed by atoms with Crippen molar-refractivity contribution in [3.05, 3.63) is 70.5 Å². The van der Waals surface area contributed by atoms with Crippen LogP contribution in [-0.4, -0.2) is 58.3 Å². The fourth-order valence-electron chi connectivity index (χ4n) is 5.12. The second-order valence-electron chi connectivity index (χ2n) is 11.3. The van der Waals surface area contributed by atoms with Gasteiger partial charge in [-0.3, -0.25) is 9.59 Å². The number of benzene rings is 2. The maximum Gasteiger partial charge on any atom is 0.339 e. The Morgan fingerprint density at radius 3 is 2.09 bits per heavy atom. The van der Waals surface area contributed by atoms with E-state index in [0.717, 1.165) is 11.1 Å². The summed E-state index contributed by atoms with van der Waals surface area (Å²) in [5.41, 5.74) is 4.67. The van der Waals surface area contributed by atoms with Crippen LogP contribution in [0, 0.1) is 0 Å². The molecule has 5 N–H and O–H groups in total. The summed E-state index contributed by atoms with van der Waals surface area (Å²) in [5.74, 6) is -0.832. The zero-order valence-electron chi connectivity index (χ0n) is 25.0. The topological polar surface area (TPSA) is 193 Å². The number of H-pyrrole nitrogens is 1. The number of aromatic nitrogens is 1. The van der Waals surface area contributed by atoms with E-state index in [2.05, 4.69) is 25.1 Å². The molecular weight excluding hydrogens is 622 g/mol. The molecule has 3 aliphatic rings. The van der Waals surface area contributed by atoms with Crippen LogP contribution in [0.25, 0.3) is 11.6 Å². The summed E-state index contributed by atoms with van der Waals surface area (Å²) in [6, 6.07) is 8.76. The van der Waals surface area contributed by atoms with Crippen molar-refractivity contribution in [1.82, 2.24) is 14.4 Å². The molecule has 0 atom stereocenters. The number of hydrogen-bond donors (Lipinski definition) is 5. The van der Waals surface area contributed by atoms with E-state index < -0.39 is 26.0 Å². The normalized spacial score (nSPS) is 16.5. The van der Waals surface area contributed by atoms with Gasteiger partial charge in [0.1, 0.15) is 0 Å². The monoisotopic (exact) mass is 655 g/mol. The highest BCUT2D eigenvalue weighted by molar-refractivity contribution is 7.89. The molecule has 6 rings (SSSR count). The van der Waals surface area contributed by atoms with Crippen molar-refractivity contribution in [3.63, 3.8) is 0 Å². The van der Waals surface area contributed by atoms with Crippen LogP contribution >= 0.6 is 0 Å². The minimum absolute atomic E-state index is 0.0828. The molecule has 0 saturated heterocycles. The van der Waals surface area contributed by atoms with E-state index in [-0.39, 0.29) is 46.7 Å². The van der Waals surface area contributed by atoms with Crippen molar-refractivity contribution >= 4 is 60.9 Å². The maximum absolute atomic E-state index is 12.5. The van der Waals surface area contributed by atoms with Gasteiger partial charge < -0.3 is 20.4 Å². The Kier molecular flexibility index (Phi) is 8.72. The first-order chi connectivity index (χ1) is 21.1. The number of aromatic amines is 1.